The molecular weight excluding hydrogens is 314 g/mol. The number of nitrogens with zero attached hydrogens (tertiary/aromatic N) is 3. The van der Waals surface area contributed by atoms with Crippen molar-refractivity contribution < 1.29 is 9.53 Å². The van der Waals surface area contributed by atoms with E-state index < -0.39 is 0 Å². The molecule has 0 fully saturated rings. The van der Waals surface area contributed by atoms with Crippen LogP contribution >= 0.6 is 0 Å². The SMILES string of the molecule is COC(=O)c1ccc2c(c1)cc(-c1ccccc1)n2-c1ncccn1. The molecule has 0 unspecified atom stereocenters. The number of hydrogen-bond acceptors (Lipinski definition) is 4. The maximum absolute atomic E-state index is 11.8. The standard InChI is InChI=1S/C20H15N3O2/c1-25-19(24)15-8-9-17-16(12-15)13-18(14-6-3-2-4-7-14)23(17)20-21-10-5-11-22-20/h2-13H,1H3. The van der Waals surface area contributed by atoms with Gasteiger partial charge in [-0.15, -0.1) is 0 Å². The molecule has 2 heterocycles. The Balaban J connectivity index is 2.01. The van der Waals surface area contributed by atoms with Crippen LogP contribution in [0.5, 0.6) is 0 Å². The van der Waals surface area contributed by atoms with Crippen molar-refractivity contribution in [1.82, 2.24) is 14.5 Å². The number of benzene rings is 2. The van der Waals surface area contributed by atoms with E-state index in [0.717, 1.165) is 22.2 Å². The predicted molar refractivity (Wildman–Crippen MR) is 95.6 cm³/mol. The van der Waals surface area contributed by atoms with Gasteiger partial charge in [-0.2, -0.15) is 0 Å². The summed E-state index contributed by atoms with van der Waals surface area (Å²) >= 11 is 0. The molecule has 0 aliphatic heterocycles. The minimum atomic E-state index is -0.355. The number of rotatable bonds is 3. The van der Waals surface area contributed by atoms with Crippen LogP contribution in [-0.4, -0.2) is 27.6 Å². The molecule has 0 radical (unpaired) electrons. The molecule has 0 atom stereocenters. The van der Waals surface area contributed by atoms with Crippen LogP contribution in [0, 0.1) is 0 Å². The van der Waals surface area contributed by atoms with Crippen molar-refractivity contribution in [2.75, 3.05) is 7.11 Å². The lowest BCUT2D eigenvalue weighted by atomic mass is 10.1. The molecule has 2 aromatic carbocycles. The molecule has 4 aromatic rings. The second-order valence-corrected chi connectivity index (χ2v) is 5.54. The molecule has 25 heavy (non-hydrogen) atoms. The van der Waals surface area contributed by atoms with Crippen molar-refractivity contribution in [2.24, 2.45) is 0 Å². The molecular formula is C20H15N3O2. The Morgan fingerprint density at radius 1 is 0.960 bits per heavy atom. The first-order chi connectivity index (χ1) is 12.3. The van der Waals surface area contributed by atoms with Gasteiger partial charge in [-0.25, -0.2) is 14.8 Å². The van der Waals surface area contributed by atoms with Gasteiger partial charge in [0.2, 0.25) is 5.95 Å². The molecule has 5 heteroatoms. The molecule has 2 aromatic heterocycles. The number of esters is 1. The third-order valence-electron chi connectivity index (χ3n) is 4.04. The highest BCUT2D eigenvalue weighted by Crippen LogP contribution is 2.31. The van der Waals surface area contributed by atoms with Crippen LogP contribution in [0.25, 0.3) is 28.1 Å². The lowest BCUT2D eigenvalue weighted by molar-refractivity contribution is 0.0601. The van der Waals surface area contributed by atoms with Gasteiger partial charge in [0.15, 0.2) is 0 Å². The van der Waals surface area contributed by atoms with Crippen molar-refractivity contribution in [3.8, 4) is 17.2 Å². The summed E-state index contributed by atoms with van der Waals surface area (Å²) in [5.41, 5.74) is 3.45. The lowest BCUT2D eigenvalue weighted by Crippen LogP contribution is -2.03. The number of carbonyl (C=O) groups excluding carboxylic acids is 1. The number of aromatic nitrogens is 3. The average Bonchev–Trinajstić information content (AvgIpc) is 3.07. The van der Waals surface area contributed by atoms with E-state index in [1.807, 2.05) is 53.1 Å². The van der Waals surface area contributed by atoms with E-state index in [-0.39, 0.29) is 5.97 Å². The zero-order valence-electron chi connectivity index (χ0n) is 13.6. The van der Waals surface area contributed by atoms with Crippen molar-refractivity contribution in [3.63, 3.8) is 0 Å². The summed E-state index contributed by atoms with van der Waals surface area (Å²) in [7, 11) is 1.38. The molecule has 0 amide bonds. The van der Waals surface area contributed by atoms with E-state index >= 15 is 0 Å². The normalized spacial score (nSPS) is 10.8. The highest BCUT2D eigenvalue weighted by molar-refractivity contribution is 5.97. The topological polar surface area (TPSA) is 57.0 Å². The summed E-state index contributed by atoms with van der Waals surface area (Å²) in [5, 5.41) is 0.925. The van der Waals surface area contributed by atoms with E-state index in [2.05, 4.69) is 9.97 Å². The second kappa shape index (κ2) is 6.20. The molecule has 0 N–H and O–H groups in total. The Morgan fingerprint density at radius 2 is 1.72 bits per heavy atom. The van der Waals surface area contributed by atoms with E-state index in [0.29, 0.717) is 11.5 Å². The van der Waals surface area contributed by atoms with Crippen LogP contribution in [0.1, 0.15) is 10.4 Å². The molecule has 0 aliphatic rings. The summed E-state index contributed by atoms with van der Waals surface area (Å²) in [4.78, 5) is 20.6. The van der Waals surface area contributed by atoms with Crippen LogP contribution in [0.15, 0.2) is 73.1 Å². The van der Waals surface area contributed by atoms with E-state index in [1.165, 1.54) is 7.11 Å². The summed E-state index contributed by atoms with van der Waals surface area (Å²) < 4.78 is 6.81. The number of ether oxygens (including phenoxy) is 1. The van der Waals surface area contributed by atoms with Crippen LogP contribution in [0.2, 0.25) is 0 Å². The first kappa shape index (κ1) is 15.1. The van der Waals surface area contributed by atoms with E-state index in [9.17, 15) is 4.79 Å². The van der Waals surface area contributed by atoms with Gasteiger partial charge in [0.05, 0.1) is 23.9 Å². The predicted octanol–water partition coefficient (Wildman–Crippen LogP) is 3.87. The largest absolute Gasteiger partial charge is 0.465 e. The van der Waals surface area contributed by atoms with Gasteiger partial charge in [-0.05, 0) is 35.9 Å². The van der Waals surface area contributed by atoms with Crippen molar-refractivity contribution in [3.05, 3.63) is 78.6 Å². The number of carbonyl (C=O) groups is 1. The molecule has 5 nitrogen and oxygen atoms in total. The van der Waals surface area contributed by atoms with Crippen molar-refractivity contribution in [1.29, 1.82) is 0 Å². The summed E-state index contributed by atoms with van der Waals surface area (Å²) in [6.45, 7) is 0. The van der Waals surface area contributed by atoms with Gasteiger partial charge in [-0.3, -0.25) is 4.57 Å². The van der Waals surface area contributed by atoms with Gasteiger partial charge in [0.25, 0.3) is 0 Å². The summed E-state index contributed by atoms with van der Waals surface area (Å²) in [6, 6.07) is 19.3. The fraction of sp³-hybridized carbons (Fsp3) is 0.0500. The van der Waals surface area contributed by atoms with Crippen molar-refractivity contribution in [2.45, 2.75) is 0 Å². The van der Waals surface area contributed by atoms with Gasteiger partial charge in [0, 0.05) is 17.8 Å². The lowest BCUT2D eigenvalue weighted by Gasteiger charge is -2.09. The van der Waals surface area contributed by atoms with E-state index in [4.69, 9.17) is 4.74 Å². The quantitative estimate of drug-likeness (QED) is 0.535. The number of hydrogen-bond donors (Lipinski definition) is 0. The van der Waals surface area contributed by atoms with Gasteiger partial charge >= 0.3 is 5.97 Å². The summed E-state index contributed by atoms with van der Waals surface area (Å²) in [6.07, 6.45) is 3.43. The first-order valence-electron chi connectivity index (χ1n) is 7.84. The minimum absolute atomic E-state index is 0.355. The zero-order chi connectivity index (χ0) is 17.2. The van der Waals surface area contributed by atoms with Gasteiger partial charge in [-0.1, -0.05) is 30.3 Å². The van der Waals surface area contributed by atoms with E-state index in [1.54, 1.807) is 24.5 Å². The smallest absolute Gasteiger partial charge is 0.337 e. The third kappa shape index (κ3) is 2.65. The minimum Gasteiger partial charge on any atom is -0.465 e. The Bertz CT molecular complexity index is 1040. The fourth-order valence-corrected chi connectivity index (χ4v) is 2.90. The number of methoxy groups -OCH3 is 1. The third-order valence-corrected chi connectivity index (χ3v) is 4.04. The summed E-state index contributed by atoms with van der Waals surface area (Å²) in [5.74, 6) is 0.231. The maximum Gasteiger partial charge on any atom is 0.337 e. The molecule has 0 spiro atoms. The molecule has 4 rings (SSSR count). The second-order valence-electron chi connectivity index (χ2n) is 5.54. The monoisotopic (exact) mass is 329 g/mol. The molecule has 0 aliphatic carbocycles. The molecule has 0 saturated heterocycles. The highest BCUT2D eigenvalue weighted by Gasteiger charge is 2.16. The highest BCUT2D eigenvalue weighted by atomic mass is 16.5. The first-order valence-corrected chi connectivity index (χ1v) is 7.84. The fourth-order valence-electron chi connectivity index (χ4n) is 2.90. The molecule has 0 bridgehead atoms. The molecule has 122 valence electrons. The number of fused-ring (bicyclic) bond motifs is 1. The van der Waals surface area contributed by atoms with Gasteiger partial charge < -0.3 is 4.74 Å². The Labute approximate surface area is 144 Å². The van der Waals surface area contributed by atoms with Crippen LogP contribution < -0.4 is 0 Å². The Kier molecular flexibility index (Phi) is 3.74. The van der Waals surface area contributed by atoms with Crippen LogP contribution in [-0.2, 0) is 4.74 Å². The van der Waals surface area contributed by atoms with Crippen LogP contribution in [0.4, 0.5) is 0 Å². The van der Waals surface area contributed by atoms with Gasteiger partial charge in [0.1, 0.15) is 0 Å². The average molecular weight is 329 g/mol. The Morgan fingerprint density at radius 3 is 2.44 bits per heavy atom. The maximum atomic E-state index is 11.8. The zero-order valence-corrected chi connectivity index (χ0v) is 13.6. The Hall–Kier alpha value is -3.47. The molecule has 0 saturated carbocycles. The van der Waals surface area contributed by atoms with Crippen LogP contribution in [0.3, 0.4) is 0 Å². The van der Waals surface area contributed by atoms with Crippen molar-refractivity contribution >= 4 is 16.9 Å².